The summed E-state index contributed by atoms with van der Waals surface area (Å²) in [6, 6.07) is 0. The summed E-state index contributed by atoms with van der Waals surface area (Å²) in [5, 5.41) is 5.20. The van der Waals surface area contributed by atoms with Crippen LogP contribution < -0.4 is 10.6 Å². The van der Waals surface area contributed by atoms with Crippen molar-refractivity contribution in [2.45, 2.75) is 33.6 Å². The zero-order valence-corrected chi connectivity index (χ0v) is 22.3. The van der Waals surface area contributed by atoms with Crippen molar-refractivity contribution in [3.8, 4) is 0 Å². The molecule has 0 saturated heterocycles. The number of ketones is 2. The van der Waals surface area contributed by atoms with Gasteiger partial charge in [0.2, 0.25) is 17.7 Å². The first kappa shape index (κ1) is 34.6. The maximum atomic E-state index is 12.1. The molecule has 0 saturated carbocycles. The van der Waals surface area contributed by atoms with Gasteiger partial charge in [0.1, 0.15) is 18.0 Å². The molecule has 0 bridgehead atoms. The third-order valence-corrected chi connectivity index (χ3v) is 4.42. The lowest BCUT2D eigenvalue weighted by Crippen LogP contribution is -2.38. The van der Waals surface area contributed by atoms with Gasteiger partial charge in [0.15, 0.2) is 0 Å². The lowest BCUT2D eigenvalue weighted by molar-refractivity contribution is -0.138. The molecule has 0 aliphatic rings. The van der Waals surface area contributed by atoms with Crippen LogP contribution in [-0.4, -0.2) is 126 Å². The van der Waals surface area contributed by atoms with Gasteiger partial charge >= 0.3 is 0 Å². The van der Waals surface area contributed by atoms with Gasteiger partial charge in [0, 0.05) is 19.7 Å². The van der Waals surface area contributed by atoms with E-state index < -0.39 is 0 Å². The maximum absolute atomic E-state index is 12.1. The monoisotopic (exact) mass is 533 g/mol. The van der Waals surface area contributed by atoms with Crippen LogP contribution in [0.5, 0.6) is 0 Å². The lowest BCUT2D eigenvalue weighted by atomic mass is 10.3. The van der Waals surface area contributed by atoms with E-state index in [-0.39, 0.29) is 61.8 Å². The molecular weight excluding hydrogens is 490 g/mol. The first-order chi connectivity index (χ1) is 17.8. The van der Waals surface area contributed by atoms with Gasteiger partial charge in [-0.05, 0) is 20.8 Å². The Hall–Kier alpha value is -2.45. The minimum atomic E-state index is -0.371. The highest BCUT2D eigenvalue weighted by atomic mass is 16.6. The number of hydrogen-bond donors (Lipinski definition) is 2. The summed E-state index contributed by atoms with van der Waals surface area (Å²) in [5.74, 6) is -1.40. The van der Waals surface area contributed by atoms with Crippen molar-refractivity contribution in [1.29, 1.82) is 0 Å². The van der Waals surface area contributed by atoms with Crippen LogP contribution in [0.15, 0.2) is 0 Å². The van der Waals surface area contributed by atoms with Gasteiger partial charge in [0.25, 0.3) is 0 Å². The second-order valence-corrected chi connectivity index (χ2v) is 7.93. The maximum Gasteiger partial charge on any atom is 0.229 e. The Morgan fingerprint density at radius 1 is 0.595 bits per heavy atom. The van der Waals surface area contributed by atoms with E-state index in [4.69, 9.17) is 23.7 Å². The molecule has 3 amide bonds. The third kappa shape index (κ3) is 23.7. The van der Waals surface area contributed by atoms with E-state index in [2.05, 4.69) is 10.6 Å². The largest absolute Gasteiger partial charge is 0.380 e. The van der Waals surface area contributed by atoms with Gasteiger partial charge in [-0.3, -0.25) is 24.0 Å². The van der Waals surface area contributed by atoms with Crippen LogP contribution in [0.3, 0.4) is 0 Å². The van der Waals surface area contributed by atoms with Gasteiger partial charge in [-0.1, -0.05) is 0 Å². The minimum Gasteiger partial charge on any atom is -0.380 e. The topological polar surface area (TPSA) is 159 Å². The molecule has 13 nitrogen and oxygen atoms in total. The zero-order chi connectivity index (χ0) is 27.7. The molecule has 0 rings (SSSR count). The van der Waals surface area contributed by atoms with Crippen molar-refractivity contribution in [3.63, 3.8) is 0 Å². The SMILES string of the molecule is CCOCCNC(=O)CC(=O)NCCOCCOCCOCCOCCC(=O)N(CC(C)=O)CC(C)=O. The summed E-state index contributed by atoms with van der Waals surface area (Å²) in [5.41, 5.74) is 0. The Morgan fingerprint density at radius 2 is 1.00 bits per heavy atom. The van der Waals surface area contributed by atoms with Gasteiger partial charge in [-0.2, -0.15) is 0 Å². The number of amides is 3. The molecule has 2 N–H and O–H groups in total. The first-order valence-electron chi connectivity index (χ1n) is 12.4. The molecule has 0 aromatic heterocycles. The van der Waals surface area contributed by atoms with Crippen molar-refractivity contribution in [1.82, 2.24) is 15.5 Å². The highest BCUT2D eigenvalue weighted by Crippen LogP contribution is 1.97. The third-order valence-electron chi connectivity index (χ3n) is 4.42. The number of hydrogen-bond acceptors (Lipinski definition) is 10. The van der Waals surface area contributed by atoms with Crippen LogP contribution in [-0.2, 0) is 47.7 Å². The summed E-state index contributed by atoms with van der Waals surface area (Å²) in [6.07, 6.45) is -0.156. The van der Waals surface area contributed by atoms with Crippen molar-refractivity contribution < 1.29 is 47.7 Å². The standard InChI is InChI=1S/C24H43N3O10/c1-4-33-9-6-25-22(30)17-23(31)26-7-10-35-12-14-37-16-15-36-13-11-34-8-5-24(32)27(18-20(2)28)19-21(3)29/h4-19H2,1-3H3,(H,25,30)(H,26,31). The van der Waals surface area contributed by atoms with Crippen LogP contribution in [0.2, 0.25) is 0 Å². The fourth-order valence-corrected chi connectivity index (χ4v) is 2.79. The number of rotatable bonds is 25. The molecule has 0 unspecified atom stereocenters. The molecule has 0 fully saturated rings. The van der Waals surface area contributed by atoms with E-state index in [0.29, 0.717) is 72.6 Å². The Balaban J connectivity index is 3.50. The normalized spacial score (nSPS) is 10.7. The number of nitrogens with zero attached hydrogens (tertiary/aromatic N) is 1. The Kier molecular flexibility index (Phi) is 22.3. The van der Waals surface area contributed by atoms with Gasteiger partial charge in [0.05, 0.1) is 79.0 Å². The molecule has 0 aromatic rings. The minimum absolute atomic E-state index is 0.0810. The van der Waals surface area contributed by atoms with Crippen LogP contribution in [0.1, 0.15) is 33.6 Å². The van der Waals surface area contributed by atoms with Crippen molar-refractivity contribution >= 4 is 29.3 Å². The molecule has 0 aromatic carbocycles. The highest BCUT2D eigenvalue weighted by molar-refractivity contribution is 5.96. The van der Waals surface area contributed by atoms with Crippen LogP contribution in [0.25, 0.3) is 0 Å². The molecule has 0 heterocycles. The quantitative estimate of drug-likeness (QED) is 0.111. The van der Waals surface area contributed by atoms with E-state index in [9.17, 15) is 24.0 Å². The van der Waals surface area contributed by atoms with Crippen molar-refractivity contribution in [2.75, 3.05) is 92.2 Å². The van der Waals surface area contributed by atoms with E-state index in [0.717, 1.165) is 0 Å². The summed E-state index contributed by atoms with van der Waals surface area (Å²) in [7, 11) is 0. The number of ether oxygens (including phenoxy) is 5. The second kappa shape index (κ2) is 23.9. The number of nitrogens with one attached hydrogen (secondary N) is 2. The predicted octanol–water partition coefficient (Wildman–Crippen LogP) is -0.891. The molecule has 214 valence electrons. The summed E-state index contributed by atoms with van der Waals surface area (Å²) < 4.78 is 26.5. The Morgan fingerprint density at radius 3 is 1.43 bits per heavy atom. The van der Waals surface area contributed by atoms with Crippen LogP contribution in [0.4, 0.5) is 0 Å². The zero-order valence-electron chi connectivity index (χ0n) is 22.3. The van der Waals surface area contributed by atoms with E-state index >= 15 is 0 Å². The van der Waals surface area contributed by atoms with Crippen molar-refractivity contribution in [2.24, 2.45) is 0 Å². The molecule has 0 aliphatic carbocycles. The van der Waals surface area contributed by atoms with Crippen LogP contribution >= 0.6 is 0 Å². The van der Waals surface area contributed by atoms with Gasteiger partial charge in [-0.25, -0.2) is 0 Å². The van der Waals surface area contributed by atoms with Crippen LogP contribution in [0, 0.1) is 0 Å². The van der Waals surface area contributed by atoms with Gasteiger partial charge < -0.3 is 39.2 Å². The Bertz CT molecular complexity index is 659. The predicted molar refractivity (Wildman–Crippen MR) is 133 cm³/mol. The molecule has 0 atom stereocenters. The molecule has 13 heteroatoms. The molecule has 37 heavy (non-hydrogen) atoms. The molecule has 0 spiro atoms. The fraction of sp³-hybridized carbons (Fsp3) is 0.792. The average molecular weight is 534 g/mol. The highest BCUT2D eigenvalue weighted by Gasteiger charge is 2.16. The lowest BCUT2D eigenvalue weighted by Gasteiger charge is -2.19. The fourth-order valence-electron chi connectivity index (χ4n) is 2.79. The van der Waals surface area contributed by atoms with E-state index in [1.54, 1.807) is 0 Å². The van der Waals surface area contributed by atoms with E-state index in [1.807, 2.05) is 6.92 Å². The second-order valence-electron chi connectivity index (χ2n) is 7.93. The summed E-state index contributed by atoms with van der Waals surface area (Å²) in [6.45, 7) is 8.68. The van der Waals surface area contributed by atoms with Crippen molar-refractivity contribution in [3.05, 3.63) is 0 Å². The average Bonchev–Trinajstić information content (AvgIpc) is 2.83. The van der Waals surface area contributed by atoms with E-state index in [1.165, 1.54) is 18.7 Å². The summed E-state index contributed by atoms with van der Waals surface area (Å²) >= 11 is 0. The first-order valence-corrected chi connectivity index (χ1v) is 12.4. The molecular formula is C24H43N3O10. The summed E-state index contributed by atoms with van der Waals surface area (Å²) in [4.78, 5) is 59.0. The smallest absolute Gasteiger partial charge is 0.229 e. The number of Topliss-reactive ketones (excluding diaryl/α,β-unsaturated/α-hetero) is 2. The molecule has 0 aliphatic heterocycles. The number of carbonyl (C=O) groups excluding carboxylic acids is 5. The van der Waals surface area contributed by atoms with Gasteiger partial charge in [-0.15, -0.1) is 0 Å². The molecule has 0 radical (unpaired) electrons. The number of carbonyl (C=O) groups is 5. The Labute approximate surface area is 218 Å².